The van der Waals surface area contributed by atoms with Gasteiger partial charge < -0.3 is 24.4 Å². The van der Waals surface area contributed by atoms with E-state index in [-0.39, 0.29) is 24.6 Å². The van der Waals surface area contributed by atoms with E-state index in [2.05, 4.69) is 5.32 Å². The van der Waals surface area contributed by atoms with Crippen LogP contribution in [-0.2, 0) is 14.3 Å². The Morgan fingerprint density at radius 2 is 1.89 bits per heavy atom. The van der Waals surface area contributed by atoms with Crippen molar-refractivity contribution < 1.29 is 28.6 Å². The van der Waals surface area contributed by atoms with Gasteiger partial charge in [0, 0.05) is 19.1 Å². The Bertz CT molecular complexity index is 683. The summed E-state index contributed by atoms with van der Waals surface area (Å²) in [5.74, 6) is -0.361. The maximum Gasteiger partial charge on any atom is 0.409 e. The van der Waals surface area contributed by atoms with E-state index in [1.165, 1.54) is 7.11 Å². The van der Waals surface area contributed by atoms with E-state index in [1.54, 1.807) is 30.0 Å². The molecular weight excluding hydrogens is 352 g/mol. The predicted molar refractivity (Wildman–Crippen MR) is 97.8 cm³/mol. The number of carbonyl (C=O) groups excluding carboxylic acids is 3. The quantitative estimate of drug-likeness (QED) is 0.760. The van der Waals surface area contributed by atoms with E-state index >= 15 is 0 Å². The van der Waals surface area contributed by atoms with Crippen molar-refractivity contribution in [3.05, 3.63) is 29.3 Å². The summed E-state index contributed by atoms with van der Waals surface area (Å²) in [5.41, 5.74) is 1.23. The minimum atomic E-state index is -0.583. The second kappa shape index (κ2) is 9.80. The molecule has 27 heavy (non-hydrogen) atoms. The molecule has 0 bridgehead atoms. The van der Waals surface area contributed by atoms with E-state index in [0.29, 0.717) is 43.9 Å². The molecule has 0 saturated carbocycles. The van der Waals surface area contributed by atoms with Crippen LogP contribution in [0.15, 0.2) is 18.2 Å². The van der Waals surface area contributed by atoms with Crippen LogP contribution in [0.3, 0.4) is 0 Å². The van der Waals surface area contributed by atoms with Gasteiger partial charge in [-0.3, -0.25) is 4.79 Å². The molecule has 1 heterocycles. The Kier molecular flexibility index (Phi) is 7.45. The number of carbonyl (C=O) groups is 3. The van der Waals surface area contributed by atoms with Crippen LogP contribution in [0.2, 0.25) is 0 Å². The van der Waals surface area contributed by atoms with Crippen LogP contribution in [0.1, 0.15) is 35.7 Å². The highest BCUT2D eigenvalue weighted by atomic mass is 16.6. The molecular formula is C19H26N2O6. The Morgan fingerprint density at radius 3 is 2.52 bits per heavy atom. The lowest BCUT2D eigenvalue weighted by Crippen LogP contribution is -2.47. The van der Waals surface area contributed by atoms with Crippen LogP contribution in [0.4, 0.5) is 4.79 Å². The molecule has 148 valence electrons. The highest BCUT2D eigenvalue weighted by Gasteiger charge is 2.24. The number of methoxy groups -OCH3 is 1. The van der Waals surface area contributed by atoms with Gasteiger partial charge in [-0.05, 0) is 44.4 Å². The van der Waals surface area contributed by atoms with Crippen molar-refractivity contribution in [1.82, 2.24) is 10.2 Å². The fourth-order valence-electron chi connectivity index (χ4n) is 2.85. The monoisotopic (exact) mass is 378 g/mol. The molecule has 0 radical (unpaired) electrons. The number of hydrogen-bond acceptors (Lipinski definition) is 6. The summed E-state index contributed by atoms with van der Waals surface area (Å²) < 4.78 is 15.2. The second-order valence-corrected chi connectivity index (χ2v) is 6.29. The molecule has 1 saturated heterocycles. The molecule has 1 aromatic rings. The van der Waals surface area contributed by atoms with E-state index < -0.39 is 5.97 Å². The standard InChI is InChI=1S/C19H26N2O6/c1-4-26-19(24)21-9-7-15(8-10-21)20-17(22)12-27-18(23)14-6-5-13(2)16(11-14)25-3/h5-6,11,15H,4,7-10,12H2,1-3H3,(H,20,22). The third-order valence-corrected chi connectivity index (χ3v) is 4.36. The largest absolute Gasteiger partial charge is 0.496 e. The van der Waals surface area contributed by atoms with Gasteiger partial charge >= 0.3 is 12.1 Å². The van der Waals surface area contributed by atoms with Gasteiger partial charge in [0.15, 0.2) is 6.61 Å². The van der Waals surface area contributed by atoms with Crippen molar-refractivity contribution in [2.24, 2.45) is 0 Å². The highest BCUT2D eigenvalue weighted by molar-refractivity contribution is 5.91. The van der Waals surface area contributed by atoms with Gasteiger partial charge in [-0.1, -0.05) is 6.07 Å². The summed E-state index contributed by atoms with van der Waals surface area (Å²) in [6.07, 6.45) is 0.936. The number of hydrogen-bond donors (Lipinski definition) is 1. The van der Waals surface area contributed by atoms with E-state index in [9.17, 15) is 14.4 Å². The Hall–Kier alpha value is -2.77. The smallest absolute Gasteiger partial charge is 0.409 e. The van der Waals surface area contributed by atoms with Gasteiger partial charge in [0.05, 0.1) is 19.3 Å². The average Bonchev–Trinajstić information content (AvgIpc) is 2.67. The van der Waals surface area contributed by atoms with E-state index in [0.717, 1.165) is 5.56 Å². The number of amides is 2. The molecule has 2 rings (SSSR count). The molecule has 8 nitrogen and oxygen atoms in total. The number of piperidine rings is 1. The van der Waals surface area contributed by atoms with Crippen molar-refractivity contribution in [3.8, 4) is 5.75 Å². The number of nitrogens with zero attached hydrogens (tertiary/aromatic N) is 1. The lowest BCUT2D eigenvalue weighted by atomic mass is 10.1. The molecule has 0 spiro atoms. The minimum absolute atomic E-state index is 0.0543. The zero-order chi connectivity index (χ0) is 19.8. The fraction of sp³-hybridized carbons (Fsp3) is 0.526. The number of rotatable bonds is 6. The second-order valence-electron chi connectivity index (χ2n) is 6.29. The molecule has 0 aromatic heterocycles. The minimum Gasteiger partial charge on any atom is -0.496 e. The molecule has 0 atom stereocenters. The summed E-state index contributed by atoms with van der Waals surface area (Å²) in [6, 6.07) is 4.91. The van der Waals surface area contributed by atoms with Gasteiger partial charge in [0.25, 0.3) is 5.91 Å². The lowest BCUT2D eigenvalue weighted by molar-refractivity contribution is -0.125. The zero-order valence-corrected chi connectivity index (χ0v) is 15.9. The van der Waals surface area contributed by atoms with Gasteiger partial charge in [0.2, 0.25) is 0 Å². The van der Waals surface area contributed by atoms with Crippen LogP contribution in [-0.4, -0.2) is 62.3 Å². The van der Waals surface area contributed by atoms with Crippen molar-refractivity contribution in [1.29, 1.82) is 0 Å². The van der Waals surface area contributed by atoms with Gasteiger partial charge in [-0.25, -0.2) is 9.59 Å². The molecule has 0 aliphatic carbocycles. The normalized spacial score (nSPS) is 14.4. The zero-order valence-electron chi connectivity index (χ0n) is 15.9. The predicted octanol–water partition coefficient (Wildman–Crippen LogP) is 1.90. The molecule has 1 aliphatic rings. The first-order valence-electron chi connectivity index (χ1n) is 8.97. The Labute approximate surface area is 158 Å². The van der Waals surface area contributed by atoms with Crippen LogP contribution >= 0.6 is 0 Å². The maximum atomic E-state index is 12.1. The van der Waals surface area contributed by atoms with Crippen LogP contribution in [0, 0.1) is 6.92 Å². The molecule has 8 heteroatoms. The molecule has 1 aromatic carbocycles. The van der Waals surface area contributed by atoms with Crippen molar-refractivity contribution in [2.75, 3.05) is 33.4 Å². The third-order valence-electron chi connectivity index (χ3n) is 4.36. The number of aryl methyl sites for hydroxylation is 1. The molecule has 2 amide bonds. The molecule has 1 N–H and O–H groups in total. The molecule has 0 unspecified atom stereocenters. The van der Waals surface area contributed by atoms with E-state index in [1.807, 2.05) is 6.92 Å². The Morgan fingerprint density at radius 1 is 1.19 bits per heavy atom. The van der Waals surface area contributed by atoms with Crippen molar-refractivity contribution in [3.63, 3.8) is 0 Å². The van der Waals surface area contributed by atoms with Gasteiger partial charge in [-0.2, -0.15) is 0 Å². The highest BCUT2D eigenvalue weighted by Crippen LogP contribution is 2.19. The van der Waals surface area contributed by atoms with Crippen LogP contribution < -0.4 is 10.1 Å². The summed E-state index contributed by atoms with van der Waals surface area (Å²) in [6.45, 7) is 4.66. The lowest BCUT2D eigenvalue weighted by Gasteiger charge is -2.31. The number of ether oxygens (including phenoxy) is 3. The number of likely N-dealkylation sites (tertiary alicyclic amines) is 1. The van der Waals surface area contributed by atoms with Crippen molar-refractivity contribution in [2.45, 2.75) is 32.7 Å². The SMILES string of the molecule is CCOC(=O)N1CCC(NC(=O)COC(=O)c2ccc(C)c(OC)c2)CC1. The first-order valence-corrected chi connectivity index (χ1v) is 8.97. The number of benzene rings is 1. The fourth-order valence-corrected chi connectivity index (χ4v) is 2.85. The first-order chi connectivity index (χ1) is 12.9. The molecule has 1 aliphatic heterocycles. The summed E-state index contributed by atoms with van der Waals surface area (Å²) >= 11 is 0. The first kappa shape index (κ1) is 20.5. The van der Waals surface area contributed by atoms with Gasteiger partial charge in [0.1, 0.15) is 5.75 Å². The van der Waals surface area contributed by atoms with E-state index in [4.69, 9.17) is 14.2 Å². The average molecular weight is 378 g/mol. The summed E-state index contributed by atoms with van der Waals surface area (Å²) in [7, 11) is 1.53. The van der Waals surface area contributed by atoms with Gasteiger partial charge in [-0.15, -0.1) is 0 Å². The third kappa shape index (κ3) is 5.87. The van der Waals surface area contributed by atoms with Crippen molar-refractivity contribution >= 4 is 18.0 Å². The molecule has 1 fully saturated rings. The Balaban J connectivity index is 1.75. The summed E-state index contributed by atoms with van der Waals surface area (Å²) in [4.78, 5) is 37.4. The topological polar surface area (TPSA) is 94.2 Å². The number of nitrogens with one attached hydrogen (secondary N) is 1. The maximum absolute atomic E-state index is 12.1. The number of esters is 1. The van der Waals surface area contributed by atoms with Crippen LogP contribution in [0.25, 0.3) is 0 Å². The summed E-state index contributed by atoms with van der Waals surface area (Å²) in [5, 5.41) is 2.83. The van der Waals surface area contributed by atoms with Crippen LogP contribution in [0.5, 0.6) is 5.75 Å².